The van der Waals surface area contributed by atoms with Gasteiger partial charge in [0.2, 0.25) is 5.91 Å². The molecule has 0 radical (unpaired) electrons. The number of hydrogen-bond donors (Lipinski definition) is 2. The van der Waals surface area contributed by atoms with Gasteiger partial charge in [-0.1, -0.05) is 30.3 Å². The summed E-state index contributed by atoms with van der Waals surface area (Å²) >= 11 is 0. The van der Waals surface area contributed by atoms with Gasteiger partial charge in [-0.2, -0.15) is 0 Å². The molecule has 0 bridgehead atoms. The Balaban J connectivity index is 1.76. The average molecular weight is 291 g/mol. The van der Waals surface area contributed by atoms with Crippen LogP contribution < -0.4 is 5.73 Å². The maximum absolute atomic E-state index is 11.3. The van der Waals surface area contributed by atoms with Crippen LogP contribution >= 0.6 is 0 Å². The number of carbonyl (C=O) groups excluding carboxylic acids is 1. The van der Waals surface area contributed by atoms with Gasteiger partial charge in [-0.25, -0.2) is 0 Å². The largest absolute Gasteiger partial charge is 0.390 e. The summed E-state index contributed by atoms with van der Waals surface area (Å²) in [7, 11) is 0. The third kappa shape index (κ3) is 4.81. The monoisotopic (exact) mass is 291 g/mol. The van der Waals surface area contributed by atoms with Crippen molar-refractivity contribution in [2.24, 2.45) is 5.73 Å². The van der Waals surface area contributed by atoms with Crippen molar-refractivity contribution in [3.8, 4) is 0 Å². The molecule has 1 heterocycles. The summed E-state index contributed by atoms with van der Waals surface area (Å²) in [5.41, 5.74) is 7.24. The van der Waals surface area contributed by atoms with Crippen LogP contribution in [0.1, 0.15) is 12.5 Å². The zero-order valence-electron chi connectivity index (χ0n) is 12.6. The lowest BCUT2D eigenvalue weighted by molar-refractivity contribution is -0.130. The SMILES string of the molecule is CC(=O)N1CCN(CC(O)C(N)Cc2ccccc2)CC1. The smallest absolute Gasteiger partial charge is 0.219 e. The Labute approximate surface area is 126 Å². The quantitative estimate of drug-likeness (QED) is 0.806. The van der Waals surface area contributed by atoms with Crippen molar-refractivity contribution in [1.29, 1.82) is 0 Å². The van der Waals surface area contributed by atoms with E-state index in [1.54, 1.807) is 6.92 Å². The minimum atomic E-state index is -0.547. The molecule has 21 heavy (non-hydrogen) atoms. The highest BCUT2D eigenvalue weighted by molar-refractivity contribution is 5.73. The molecule has 1 amide bonds. The van der Waals surface area contributed by atoms with Crippen molar-refractivity contribution in [3.05, 3.63) is 35.9 Å². The predicted molar refractivity (Wildman–Crippen MR) is 82.8 cm³/mol. The van der Waals surface area contributed by atoms with Crippen LogP contribution in [-0.2, 0) is 11.2 Å². The van der Waals surface area contributed by atoms with Crippen molar-refractivity contribution in [2.75, 3.05) is 32.7 Å². The van der Waals surface area contributed by atoms with Gasteiger partial charge >= 0.3 is 0 Å². The van der Waals surface area contributed by atoms with Gasteiger partial charge in [0.15, 0.2) is 0 Å². The molecule has 1 saturated heterocycles. The number of β-amino-alcohol motifs (C(OH)–C–C–N with tert-alkyl or cyclic N) is 1. The van der Waals surface area contributed by atoms with E-state index in [0.29, 0.717) is 13.0 Å². The summed E-state index contributed by atoms with van der Waals surface area (Å²) in [6.45, 7) is 5.23. The maximum Gasteiger partial charge on any atom is 0.219 e. The van der Waals surface area contributed by atoms with Crippen LogP contribution in [0.3, 0.4) is 0 Å². The normalized spacial score (nSPS) is 19.3. The van der Waals surface area contributed by atoms with Gasteiger partial charge in [0, 0.05) is 45.7 Å². The highest BCUT2D eigenvalue weighted by atomic mass is 16.3. The first-order chi connectivity index (χ1) is 10.1. The van der Waals surface area contributed by atoms with Crippen LogP contribution in [0.25, 0.3) is 0 Å². The van der Waals surface area contributed by atoms with Crippen LogP contribution in [0.5, 0.6) is 0 Å². The summed E-state index contributed by atoms with van der Waals surface area (Å²) in [6.07, 6.45) is 0.129. The molecule has 3 N–H and O–H groups in total. The molecule has 1 aromatic rings. The number of benzene rings is 1. The zero-order valence-corrected chi connectivity index (χ0v) is 12.6. The van der Waals surface area contributed by atoms with Gasteiger partial charge in [-0.15, -0.1) is 0 Å². The fourth-order valence-electron chi connectivity index (χ4n) is 2.67. The van der Waals surface area contributed by atoms with Gasteiger partial charge in [0.1, 0.15) is 0 Å². The van der Waals surface area contributed by atoms with Gasteiger partial charge in [0.25, 0.3) is 0 Å². The van der Waals surface area contributed by atoms with E-state index in [4.69, 9.17) is 5.73 Å². The molecule has 0 spiro atoms. The van der Waals surface area contributed by atoms with Crippen molar-refractivity contribution < 1.29 is 9.90 Å². The highest BCUT2D eigenvalue weighted by Gasteiger charge is 2.23. The fourth-order valence-corrected chi connectivity index (χ4v) is 2.67. The molecule has 0 saturated carbocycles. The topological polar surface area (TPSA) is 69.8 Å². The third-order valence-electron chi connectivity index (χ3n) is 4.07. The van der Waals surface area contributed by atoms with E-state index < -0.39 is 6.10 Å². The summed E-state index contributed by atoms with van der Waals surface area (Å²) in [6, 6.07) is 9.72. The Morgan fingerprint density at radius 3 is 2.43 bits per heavy atom. The van der Waals surface area contributed by atoms with E-state index in [9.17, 15) is 9.90 Å². The van der Waals surface area contributed by atoms with Crippen molar-refractivity contribution in [2.45, 2.75) is 25.5 Å². The summed E-state index contributed by atoms with van der Waals surface area (Å²) in [5.74, 6) is 0.121. The summed E-state index contributed by atoms with van der Waals surface area (Å²) in [4.78, 5) is 15.3. The molecule has 1 fully saturated rings. The molecule has 2 unspecified atom stereocenters. The molecule has 2 atom stereocenters. The molecule has 116 valence electrons. The Morgan fingerprint density at radius 2 is 1.86 bits per heavy atom. The molecule has 1 aliphatic heterocycles. The van der Waals surface area contributed by atoms with Crippen LogP contribution in [0.2, 0.25) is 0 Å². The van der Waals surface area contributed by atoms with Crippen LogP contribution in [0, 0.1) is 0 Å². The number of carbonyl (C=O) groups is 1. The van der Waals surface area contributed by atoms with E-state index in [1.807, 2.05) is 35.2 Å². The van der Waals surface area contributed by atoms with Crippen molar-refractivity contribution in [3.63, 3.8) is 0 Å². The molecular formula is C16H25N3O2. The first-order valence-corrected chi connectivity index (χ1v) is 7.51. The predicted octanol–water partition coefficient (Wildman–Crippen LogP) is 0.0814. The van der Waals surface area contributed by atoms with Crippen LogP contribution in [-0.4, -0.2) is 65.7 Å². The minimum Gasteiger partial charge on any atom is -0.390 e. The molecule has 5 heteroatoms. The van der Waals surface area contributed by atoms with E-state index in [-0.39, 0.29) is 11.9 Å². The number of piperazine rings is 1. The van der Waals surface area contributed by atoms with Crippen LogP contribution in [0.15, 0.2) is 30.3 Å². The summed E-state index contributed by atoms with van der Waals surface area (Å²) in [5, 5.41) is 10.3. The standard InChI is InChI=1S/C16H25N3O2/c1-13(20)19-9-7-18(8-10-19)12-16(21)15(17)11-14-5-3-2-4-6-14/h2-6,15-16,21H,7-12,17H2,1H3. The second-order valence-corrected chi connectivity index (χ2v) is 5.73. The third-order valence-corrected chi connectivity index (χ3v) is 4.07. The number of amides is 1. The first kappa shape index (κ1) is 15.9. The Kier molecular flexibility index (Phi) is 5.73. The number of nitrogens with zero attached hydrogens (tertiary/aromatic N) is 2. The van der Waals surface area contributed by atoms with Crippen molar-refractivity contribution in [1.82, 2.24) is 9.80 Å². The van der Waals surface area contributed by atoms with Crippen molar-refractivity contribution >= 4 is 5.91 Å². The lowest BCUT2D eigenvalue weighted by Gasteiger charge is -2.36. The number of aliphatic hydroxyl groups is 1. The highest BCUT2D eigenvalue weighted by Crippen LogP contribution is 2.08. The van der Waals surface area contributed by atoms with Gasteiger partial charge in [-0.05, 0) is 12.0 Å². The maximum atomic E-state index is 11.3. The van der Waals surface area contributed by atoms with Gasteiger partial charge in [-0.3, -0.25) is 9.69 Å². The van der Waals surface area contributed by atoms with E-state index in [1.165, 1.54) is 0 Å². The molecule has 1 aromatic carbocycles. The minimum absolute atomic E-state index is 0.121. The number of nitrogens with two attached hydrogens (primary N) is 1. The lowest BCUT2D eigenvalue weighted by atomic mass is 10.0. The van der Waals surface area contributed by atoms with E-state index in [2.05, 4.69) is 4.90 Å². The molecular weight excluding hydrogens is 266 g/mol. The second kappa shape index (κ2) is 7.54. The summed E-state index contributed by atoms with van der Waals surface area (Å²) < 4.78 is 0. The first-order valence-electron chi connectivity index (χ1n) is 7.51. The Hall–Kier alpha value is -1.43. The molecule has 1 aliphatic rings. The Bertz CT molecular complexity index is 444. The molecule has 5 nitrogen and oxygen atoms in total. The fraction of sp³-hybridized carbons (Fsp3) is 0.562. The van der Waals surface area contributed by atoms with E-state index in [0.717, 1.165) is 31.7 Å². The lowest BCUT2D eigenvalue weighted by Crippen LogP contribution is -2.52. The average Bonchev–Trinajstić information content (AvgIpc) is 2.48. The van der Waals surface area contributed by atoms with Gasteiger partial charge < -0.3 is 15.7 Å². The van der Waals surface area contributed by atoms with Gasteiger partial charge in [0.05, 0.1) is 6.10 Å². The Morgan fingerprint density at radius 1 is 1.24 bits per heavy atom. The van der Waals surface area contributed by atoms with E-state index >= 15 is 0 Å². The molecule has 0 aromatic heterocycles. The molecule has 0 aliphatic carbocycles. The number of hydrogen-bond acceptors (Lipinski definition) is 4. The zero-order chi connectivity index (χ0) is 15.2. The number of rotatable bonds is 5. The number of aliphatic hydroxyl groups excluding tert-OH is 1. The van der Waals surface area contributed by atoms with Crippen LogP contribution in [0.4, 0.5) is 0 Å². The molecule has 2 rings (SSSR count). The second-order valence-electron chi connectivity index (χ2n) is 5.73.